The molecular formula is C16H30N4. The van der Waals surface area contributed by atoms with Crippen LogP contribution >= 0.6 is 0 Å². The average molecular weight is 278 g/mol. The van der Waals surface area contributed by atoms with Gasteiger partial charge in [-0.25, -0.2) is 0 Å². The number of likely N-dealkylation sites (N-methyl/N-ethyl adjacent to an activating group) is 1. The molecule has 1 aromatic heterocycles. The van der Waals surface area contributed by atoms with Crippen LogP contribution in [0.4, 0.5) is 0 Å². The minimum absolute atomic E-state index is 0.240. The number of rotatable bonds is 6. The lowest BCUT2D eigenvalue weighted by molar-refractivity contribution is 0.0500. The quantitative estimate of drug-likeness (QED) is 0.867. The molecule has 0 atom stereocenters. The Kier molecular flexibility index (Phi) is 5.22. The zero-order chi connectivity index (χ0) is 14.6. The topological polar surface area (TPSA) is 47.1 Å². The summed E-state index contributed by atoms with van der Waals surface area (Å²) in [6, 6.07) is 0. The van der Waals surface area contributed by atoms with E-state index in [1.54, 1.807) is 0 Å². The number of aromatic nitrogens is 2. The summed E-state index contributed by atoms with van der Waals surface area (Å²) in [6.45, 7) is 7.60. The van der Waals surface area contributed by atoms with Crippen molar-refractivity contribution in [2.24, 2.45) is 18.7 Å². The van der Waals surface area contributed by atoms with Gasteiger partial charge in [-0.15, -0.1) is 0 Å². The first-order valence-corrected chi connectivity index (χ1v) is 8.02. The molecule has 1 saturated carbocycles. The summed E-state index contributed by atoms with van der Waals surface area (Å²) in [7, 11) is 1.98. The van der Waals surface area contributed by atoms with Crippen molar-refractivity contribution >= 4 is 0 Å². The van der Waals surface area contributed by atoms with Crippen molar-refractivity contribution in [3.63, 3.8) is 0 Å². The first-order valence-electron chi connectivity index (χ1n) is 8.02. The third-order valence-corrected chi connectivity index (χ3v) is 5.07. The van der Waals surface area contributed by atoms with Gasteiger partial charge in [0.1, 0.15) is 0 Å². The van der Waals surface area contributed by atoms with Gasteiger partial charge in [-0.05, 0) is 50.1 Å². The van der Waals surface area contributed by atoms with E-state index in [4.69, 9.17) is 5.73 Å². The first-order chi connectivity index (χ1) is 9.59. The van der Waals surface area contributed by atoms with E-state index >= 15 is 0 Å². The van der Waals surface area contributed by atoms with Crippen LogP contribution in [0.2, 0.25) is 0 Å². The molecule has 0 spiro atoms. The first kappa shape index (κ1) is 15.5. The van der Waals surface area contributed by atoms with Crippen LogP contribution in [0, 0.1) is 5.92 Å². The van der Waals surface area contributed by atoms with Gasteiger partial charge in [-0.1, -0.05) is 13.8 Å². The standard InChI is InChI=1S/C16H30N4/c1-4-20(10-7-15-11-18-19(3)12-15)16(13-17)8-5-14(2)6-9-16/h11-12,14H,4-10,13,17H2,1-3H3. The van der Waals surface area contributed by atoms with Gasteiger partial charge in [-0.3, -0.25) is 9.58 Å². The summed E-state index contributed by atoms with van der Waals surface area (Å²) in [4.78, 5) is 2.62. The fourth-order valence-electron chi connectivity index (χ4n) is 3.54. The second-order valence-electron chi connectivity index (χ2n) is 6.46. The van der Waals surface area contributed by atoms with Gasteiger partial charge in [0.15, 0.2) is 0 Å². The Morgan fingerprint density at radius 1 is 1.45 bits per heavy atom. The van der Waals surface area contributed by atoms with Crippen molar-refractivity contribution in [2.45, 2.75) is 51.5 Å². The molecule has 0 amide bonds. The number of nitrogens with zero attached hydrogens (tertiary/aromatic N) is 3. The Morgan fingerprint density at radius 3 is 2.65 bits per heavy atom. The molecular weight excluding hydrogens is 248 g/mol. The van der Waals surface area contributed by atoms with E-state index in [0.717, 1.165) is 32.0 Å². The summed E-state index contributed by atoms with van der Waals surface area (Å²) in [5, 5.41) is 4.25. The molecule has 0 unspecified atom stereocenters. The Bertz CT molecular complexity index is 404. The van der Waals surface area contributed by atoms with Gasteiger partial charge in [0.25, 0.3) is 0 Å². The minimum Gasteiger partial charge on any atom is -0.329 e. The fraction of sp³-hybridized carbons (Fsp3) is 0.812. The van der Waals surface area contributed by atoms with Gasteiger partial charge in [-0.2, -0.15) is 5.10 Å². The second kappa shape index (κ2) is 6.72. The Labute approximate surface area is 123 Å². The fourth-order valence-corrected chi connectivity index (χ4v) is 3.54. The lowest BCUT2D eigenvalue weighted by Crippen LogP contribution is -2.56. The molecule has 1 aliphatic rings. The van der Waals surface area contributed by atoms with Crippen LogP contribution in [0.5, 0.6) is 0 Å². The summed E-state index contributed by atoms with van der Waals surface area (Å²) < 4.78 is 1.88. The van der Waals surface area contributed by atoms with Crippen molar-refractivity contribution in [3.05, 3.63) is 18.0 Å². The molecule has 0 aromatic carbocycles. The molecule has 4 nitrogen and oxygen atoms in total. The molecule has 1 aliphatic carbocycles. The van der Waals surface area contributed by atoms with Crippen LogP contribution in [0.25, 0.3) is 0 Å². The second-order valence-corrected chi connectivity index (χ2v) is 6.46. The molecule has 1 aromatic rings. The number of hydrogen-bond donors (Lipinski definition) is 1. The molecule has 4 heteroatoms. The van der Waals surface area contributed by atoms with E-state index in [9.17, 15) is 0 Å². The zero-order valence-corrected chi connectivity index (χ0v) is 13.3. The number of nitrogens with two attached hydrogens (primary N) is 1. The maximum atomic E-state index is 6.18. The molecule has 1 fully saturated rings. The van der Waals surface area contributed by atoms with Crippen molar-refractivity contribution in [1.82, 2.24) is 14.7 Å². The number of hydrogen-bond acceptors (Lipinski definition) is 3. The molecule has 0 radical (unpaired) electrons. The van der Waals surface area contributed by atoms with E-state index < -0.39 is 0 Å². The van der Waals surface area contributed by atoms with Gasteiger partial charge in [0.05, 0.1) is 6.20 Å². The predicted octanol–water partition coefficient (Wildman–Crippen LogP) is 2.19. The van der Waals surface area contributed by atoms with Gasteiger partial charge in [0, 0.05) is 31.9 Å². The summed E-state index contributed by atoms with van der Waals surface area (Å²) in [5.74, 6) is 0.867. The van der Waals surface area contributed by atoms with Crippen LogP contribution in [0.1, 0.15) is 45.1 Å². The highest BCUT2D eigenvalue weighted by atomic mass is 15.2. The molecule has 0 bridgehead atoms. The monoisotopic (exact) mass is 278 g/mol. The number of aryl methyl sites for hydroxylation is 1. The minimum atomic E-state index is 0.240. The molecule has 114 valence electrons. The normalized spacial score (nSPS) is 27.1. The van der Waals surface area contributed by atoms with Crippen LogP contribution in [0.3, 0.4) is 0 Å². The molecule has 0 aliphatic heterocycles. The predicted molar refractivity (Wildman–Crippen MR) is 83.6 cm³/mol. The smallest absolute Gasteiger partial charge is 0.0522 e. The Morgan fingerprint density at radius 2 is 2.15 bits per heavy atom. The molecule has 2 rings (SSSR count). The Balaban J connectivity index is 1.98. The summed E-state index contributed by atoms with van der Waals surface area (Å²) in [5.41, 5.74) is 7.74. The molecule has 20 heavy (non-hydrogen) atoms. The van der Waals surface area contributed by atoms with Crippen molar-refractivity contribution in [1.29, 1.82) is 0 Å². The van der Waals surface area contributed by atoms with Crippen molar-refractivity contribution < 1.29 is 0 Å². The highest BCUT2D eigenvalue weighted by Crippen LogP contribution is 2.35. The Hall–Kier alpha value is -0.870. The van der Waals surface area contributed by atoms with Crippen molar-refractivity contribution in [3.8, 4) is 0 Å². The largest absolute Gasteiger partial charge is 0.329 e. The lowest BCUT2D eigenvalue weighted by atomic mass is 9.76. The van der Waals surface area contributed by atoms with E-state index in [-0.39, 0.29) is 5.54 Å². The van der Waals surface area contributed by atoms with Crippen LogP contribution in [-0.2, 0) is 13.5 Å². The summed E-state index contributed by atoms with van der Waals surface area (Å²) in [6.07, 6.45) is 10.3. The molecule has 1 heterocycles. The lowest BCUT2D eigenvalue weighted by Gasteiger charge is -2.47. The van der Waals surface area contributed by atoms with Crippen LogP contribution < -0.4 is 5.73 Å². The van der Waals surface area contributed by atoms with Gasteiger partial charge < -0.3 is 5.73 Å². The molecule has 2 N–H and O–H groups in total. The average Bonchev–Trinajstić information content (AvgIpc) is 2.87. The van der Waals surface area contributed by atoms with E-state index in [2.05, 4.69) is 30.0 Å². The summed E-state index contributed by atoms with van der Waals surface area (Å²) >= 11 is 0. The zero-order valence-electron chi connectivity index (χ0n) is 13.3. The van der Waals surface area contributed by atoms with Crippen molar-refractivity contribution in [2.75, 3.05) is 19.6 Å². The van der Waals surface area contributed by atoms with Crippen LogP contribution in [0.15, 0.2) is 12.4 Å². The maximum Gasteiger partial charge on any atom is 0.0522 e. The third-order valence-electron chi connectivity index (χ3n) is 5.07. The maximum absolute atomic E-state index is 6.18. The SMILES string of the molecule is CCN(CCc1cnn(C)c1)C1(CN)CCC(C)CC1. The molecule has 0 saturated heterocycles. The van der Waals surface area contributed by atoms with Crippen LogP contribution in [-0.4, -0.2) is 39.9 Å². The van der Waals surface area contributed by atoms with E-state index in [1.165, 1.54) is 31.2 Å². The van der Waals surface area contributed by atoms with E-state index in [0.29, 0.717) is 0 Å². The highest BCUT2D eigenvalue weighted by molar-refractivity contribution is 5.05. The highest BCUT2D eigenvalue weighted by Gasteiger charge is 2.37. The van der Waals surface area contributed by atoms with Gasteiger partial charge >= 0.3 is 0 Å². The van der Waals surface area contributed by atoms with E-state index in [1.807, 2.05) is 17.9 Å². The third kappa shape index (κ3) is 3.41. The van der Waals surface area contributed by atoms with Gasteiger partial charge in [0.2, 0.25) is 0 Å².